The highest BCUT2D eigenvalue weighted by atomic mass is 35.5. The van der Waals surface area contributed by atoms with E-state index in [9.17, 15) is 14.3 Å². The second-order valence-electron chi connectivity index (χ2n) is 6.01. The van der Waals surface area contributed by atoms with Crippen LogP contribution in [0.1, 0.15) is 19.3 Å². The molecule has 1 heterocycles. The third-order valence-electron chi connectivity index (χ3n) is 4.64. The van der Waals surface area contributed by atoms with Crippen molar-refractivity contribution in [3.05, 3.63) is 29.0 Å². The topological polar surface area (TPSA) is 43.8 Å². The molecule has 4 nitrogen and oxygen atoms in total. The molecule has 120 valence electrons. The Morgan fingerprint density at radius 3 is 2.55 bits per heavy atom. The van der Waals surface area contributed by atoms with Crippen molar-refractivity contribution in [1.82, 2.24) is 4.90 Å². The molecule has 1 aliphatic carbocycles. The maximum Gasteiger partial charge on any atom is 0.228 e. The molecule has 0 spiro atoms. The number of piperazine rings is 1. The van der Waals surface area contributed by atoms with Gasteiger partial charge in [-0.1, -0.05) is 11.6 Å². The Morgan fingerprint density at radius 2 is 1.95 bits per heavy atom. The molecule has 3 rings (SSSR count). The lowest BCUT2D eigenvalue weighted by Gasteiger charge is -2.37. The fourth-order valence-electron chi connectivity index (χ4n) is 3.37. The number of carbonyl (C=O) groups excluding carboxylic acids is 1. The van der Waals surface area contributed by atoms with Crippen molar-refractivity contribution >= 4 is 23.2 Å². The molecule has 2 atom stereocenters. The van der Waals surface area contributed by atoms with Gasteiger partial charge in [-0.15, -0.1) is 0 Å². The summed E-state index contributed by atoms with van der Waals surface area (Å²) >= 11 is 6.09. The number of nitrogens with zero attached hydrogens (tertiary/aromatic N) is 2. The van der Waals surface area contributed by atoms with Crippen LogP contribution in [0.2, 0.25) is 5.02 Å². The smallest absolute Gasteiger partial charge is 0.228 e. The molecule has 0 aromatic heterocycles. The zero-order valence-electron chi connectivity index (χ0n) is 12.3. The summed E-state index contributed by atoms with van der Waals surface area (Å²) in [7, 11) is 0. The molecule has 1 amide bonds. The molecule has 2 fully saturated rings. The van der Waals surface area contributed by atoms with E-state index in [1.54, 1.807) is 6.07 Å². The van der Waals surface area contributed by atoms with E-state index < -0.39 is 6.10 Å². The van der Waals surface area contributed by atoms with Crippen molar-refractivity contribution in [2.75, 3.05) is 31.1 Å². The molecule has 1 aromatic carbocycles. The van der Waals surface area contributed by atoms with Gasteiger partial charge < -0.3 is 14.9 Å². The van der Waals surface area contributed by atoms with E-state index in [-0.39, 0.29) is 17.6 Å². The van der Waals surface area contributed by atoms with Gasteiger partial charge >= 0.3 is 0 Å². The van der Waals surface area contributed by atoms with Crippen LogP contribution in [0.25, 0.3) is 0 Å². The van der Waals surface area contributed by atoms with Gasteiger partial charge in [-0.2, -0.15) is 0 Å². The van der Waals surface area contributed by atoms with Crippen LogP contribution in [-0.2, 0) is 4.79 Å². The van der Waals surface area contributed by atoms with Gasteiger partial charge in [0.25, 0.3) is 0 Å². The Bertz CT molecular complexity index is 561. The van der Waals surface area contributed by atoms with Crippen LogP contribution in [0.15, 0.2) is 18.2 Å². The summed E-state index contributed by atoms with van der Waals surface area (Å²) < 4.78 is 13.1. The largest absolute Gasteiger partial charge is 0.392 e. The van der Waals surface area contributed by atoms with Crippen molar-refractivity contribution in [3.8, 4) is 0 Å². The molecular weight excluding hydrogens is 307 g/mol. The molecule has 1 N–H and O–H groups in total. The number of rotatable bonds is 2. The van der Waals surface area contributed by atoms with Crippen LogP contribution in [0.4, 0.5) is 10.1 Å². The van der Waals surface area contributed by atoms with Crippen LogP contribution in [0, 0.1) is 11.7 Å². The van der Waals surface area contributed by atoms with Crippen molar-refractivity contribution in [2.24, 2.45) is 5.92 Å². The lowest BCUT2D eigenvalue weighted by atomic mass is 10.0. The maximum atomic E-state index is 13.1. The Hall–Kier alpha value is -1.33. The zero-order chi connectivity index (χ0) is 15.7. The third kappa shape index (κ3) is 3.06. The van der Waals surface area contributed by atoms with Gasteiger partial charge in [0, 0.05) is 26.2 Å². The van der Waals surface area contributed by atoms with E-state index in [0.29, 0.717) is 31.2 Å². The van der Waals surface area contributed by atoms with Gasteiger partial charge in [0.1, 0.15) is 5.82 Å². The Labute approximate surface area is 134 Å². The van der Waals surface area contributed by atoms with Crippen LogP contribution >= 0.6 is 11.6 Å². The van der Waals surface area contributed by atoms with Gasteiger partial charge in [0.2, 0.25) is 5.91 Å². The summed E-state index contributed by atoms with van der Waals surface area (Å²) in [4.78, 5) is 16.3. The summed E-state index contributed by atoms with van der Waals surface area (Å²) in [5.41, 5.74) is 0.802. The number of aliphatic hydroxyl groups is 1. The van der Waals surface area contributed by atoms with E-state index in [0.717, 1.165) is 24.9 Å². The highest BCUT2D eigenvalue weighted by molar-refractivity contribution is 6.33. The van der Waals surface area contributed by atoms with Crippen molar-refractivity contribution < 1.29 is 14.3 Å². The summed E-state index contributed by atoms with van der Waals surface area (Å²) in [5, 5.41) is 10.3. The van der Waals surface area contributed by atoms with E-state index in [2.05, 4.69) is 4.90 Å². The monoisotopic (exact) mass is 326 g/mol. The number of anilines is 1. The number of benzene rings is 1. The number of amides is 1. The van der Waals surface area contributed by atoms with E-state index in [1.165, 1.54) is 12.1 Å². The van der Waals surface area contributed by atoms with E-state index in [1.807, 2.05) is 4.90 Å². The van der Waals surface area contributed by atoms with E-state index >= 15 is 0 Å². The van der Waals surface area contributed by atoms with Gasteiger partial charge in [-0.25, -0.2) is 4.39 Å². The number of hydrogen-bond donors (Lipinski definition) is 1. The average Bonchev–Trinajstić information content (AvgIpc) is 2.93. The molecule has 6 heteroatoms. The average molecular weight is 327 g/mol. The highest BCUT2D eigenvalue weighted by Crippen LogP contribution is 2.30. The second kappa shape index (κ2) is 6.42. The fourth-order valence-corrected chi connectivity index (χ4v) is 3.66. The minimum atomic E-state index is -0.489. The normalized spacial score (nSPS) is 25.6. The molecule has 0 radical (unpaired) electrons. The summed E-state index contributed by atoms with van der Waals surface area (Å²) in [6.45, 7) is 2.55. The molecule has 2 unspecified atom stereocenters. The predicted octanol–water partition coefficient (Wildman–Crippen LogP) is 2.29. The molecular formula is C16H20ClFN2O2. The first-order chi connectivity index (χ1) is 10.6. The van der Waals surface area contributed by atoms with Gasteiger partial charge in [0.05, 0.1) is 22.7 Å². The summed E-state index contributed by atoms with van der Waals surface area (Å²) in [6.07, 6.45) is 1.94. The Kier molecular flexibility index (Phi) is 4.54. The lowest BCUT2D eigenvalue weighted by Crippen LogP contribution is -2.51. The van der Waals surface area contributed by atoms with Gasteiger partial charge in [0.15, 0.2) is 0 Å². The standard InChI is InChI=1S/C16H20ClFN2O2/c17-13-10-11(18)4-5-14(13)19-6-8-20(9-7-19)16(22)12-2-1-3-15(12)21/h4-5,10,12,15,21H,1-3,6-9H2. The Balaban J connectivity index is 1.61. The second-order valence-corrected chi connectivity index (χ2v) is 6.42. The van der Waals surface area contributed by atoms with E-state index in [4.69, 9.17) is 11.6 Å². The van der Waals surface area contributed by atoms with Crippen LogP contribution in [0.5, 0.6) is 0 Å². The first kappa shape index (κ1) is 15.6. The third-order valence-corrected chi connectivity index (χ3v) is 4.94. The molecule has 1 saturated heterocycles. The van der Waals surface area contributed by atoms with Gasteiger partial charge in [-0.05, 0) is 37.5 Å². The van der Waals surface area contributed by atoms with Crippen LogP contribution in [0.3, 0.4) is 0 Å². The quantitative estimate of drug-likeness (QED) is 0.907. The molecule has 22 heavy (non-hydrogen) atoms. The predicted molar refractivity (Wildman–Crippen MR) is 83.6 cm³/mol. The van der Waals surface area contributed by atoms with Crippen LogP contribution < -0.4 is 4.90 Å². The fraction of sp³-hybridized carbons (Fsp3) is 0.562. The molecule has 2 aliphatic rings. The number of hydrogen-bond acceptors (Lipinski definition) is 3. The summed E-state index contributed by atoms with van der Waals surface area (Å²) in [5.74, 6) is -0.520. The molecule has 1 aromatic rings. The molecule has 1 saturated carbocycles. The highest BCUT2D eigenvalue weighted by Gasteiger charge is 2.35. The minimum absolute atomic E-state index is 0.0647. The number of halogens is 2. The first-order valence-corrected chi connectivity index (χ1v) is 8.11. The lowest BCUT2D eigenvalue weighted by molar-refractivity contribution is -0.138. The molecule has 1 aliphatic heterocycles. The van der Waals surface area contributed by atoms with Crippen molar-refractivity contribution in [2.45, 2.75) is 25.4 Å². The van der Waals surface area contributed by atoms with Crippen LogP contribution in [-0.4, -0.2) is 48.2 Å². The van der Waals surface area contributed by atoms with Crippen molar-refractivity contribution in [1.29, 1.82) is 0 Å². The zero-order valence-corrected chi connectivity index (χ0v) is 13.1. The maximum absolute atomic E-state index is 13.1. The van der Waals surface area contributed by atoms with Crippen molar-refractivity contribution in [3.63, 3.8) is 0 Å². The Morgan fingerprint density at radius 1 is 1.23 bits per heavy atom. The molecule has 0 bridgehead atoms. The SMILES string of the molecule is O=C(C1CCCC1O)N1CCN(c2ccc(F)cc2Cl)CC1. The summed E-state index contributed by atoms with van der Waals surface area (Å²) in [6, 6.07) is 4.38. The number of aliphatic hydroxyl groups excluding tert-OH is 1. The first-order valence-electron chi connectivity index (χ1n) is 7.73. The van der Waals surface area contributed by atoms with Gasteiger partial charge in [-0.3, -0.25) is 4.79 Å². The minimum Gasteiger partial charge on any atom is -0.392 e. The number of carbonyl (C=O) groups is 1.